The molecule has 3 aromatic rings. The van der Waals surface area contributed by atoms with Crippen LogP contribution in [-0.4, -0.2) is 48.6 Å². The van der Waals surface area contributed by atoms with Gasteiger partial charge in [0.15, 0.2) is 11.7 Å². The van der Waals surface area contributed by atoms with Gasteiger partial charge in [0.2, 0.25) is 0 Å². The number of ether oxygens (including phenoxy) is 1. The number of hydrogen-bond donors (Lipinski definition) is 0. The minimum absolute atomic E-state index is 0.0219. The van der Waals surface area contributed by atoms with E-state index in [1.54, 1.807) is 11.3 Å². The molecule has 1 amide bonds. The summed E-state index contributed by atoms with van der Waals surface area (Å²) >= 11 is 7.71. The first kappa shape index (κ1) is 20.0. The van der Waals surface area contributed by atoms with Crippen molar-refractivity contribution in [3.8, 4) is 5.75 Å². The smallest absolute Gasteiger partial charge is 0.260 e. The zero-order chi connectivity index (χ0) is 20.4. The molecule has 2 heterocycles. The van der Waals surface area contributed by atoms with Gasteiger partial charge in [0.1, 0.15) is 5.75 Å². The third-order valence-electron chi connectivity index (χ3n) is 5.15. The molecule has 0 unspecified atom stereocenters. The van der Waals surface area contributed by atoms with Crippen LogP contribution in [0, 0.1) is 0 Å². The molecule has 1 aromatic heterocycles. The Morgan fingerprint density at radius 1 is 1.14 bits per heavy atom. The molecule has 4 rings (SSSR count). The number of rotatable bonds is 5. The van der Waals surface area contributed by atoms with Gasteiger partial charge in [-0.05, 0) is 41.8 Å². The molecule has 29 heavy (non-hydrogen) atoms. The third kappa shape index (κ3) is 4.65. The molecule has 1 saturated heterocycles. The Morgan fingerprint density at radius 2 is 1.86 bits per heavy atom. The van der Waals surface area contributed by atoms with Crippen LogP contribution in [0.1, 0.15) is 25.3 Å². The summed E-state index contributed by atoms with van der Waals surface area (Å²) in [5.41, 5.74) is 2.22. The minimum Gasteiger partial charge on any atom is -0.484 e. The van der Waals surface area contributed by atoms with E-state index in [0.29, 0.717) is 19.0 Å². The van der Waals surface area contributed by atoms with E-state index in [-0.39, 0.29) is 12.5 Å². The van der Waals surface area contributed by atoms with Gasteiger partial charge in [0, 0.05) is 31.2 Å². The fourth-order valence-electron chi connectivity index (χ4n) is 3.35. The van der Waals surface area contributed by atoms with E-state index in [0.717, 1.165) is 39.2 Å². The van der Waals surface area contributed by atoms with Crippen molar-refractivity contribution >= 4 is 44.2 Å². The molecule has 0 aliphatic carbocycles. The highest BCUT2D eigenvalue weighted by Crippen LogP contribution is 2.31. The van der Waals surface area contributed by atoms with E-state index >= 15 is 0 Å². The van der Waals surface area contributed by atoms with E-state index in [9.17, 15) is 4.79 Å². The summed E-state index contributed by atoms with van der Waals surface area (Å²) in [5, 5.41) is 1.71. The second kappa shape index (κ2) is 8.59. The standard InChI is InChI=1S/C22H24ClN3O2S/c1-15(2)16-3-6-18(7-4-16)28-14-21(27)25-9-11-26(12-10-25)22-24-19-8-5-17(23)13-20(19)29-22/h3-8,13,15H,9-12,14H2,1-2H3. The van der Waals surface area contributed by atoms with Gasteiger partial charge in [0.25, 0.3) is 5.91 Å². The van der Waals surface area contributed by atoms with Crippen molar-refractivity contribution in [1.29, 1.82) is 0 Å². The van der Waals surface area contributed by atoms with E-state index in [4.69, 9.17) is 21.3 Å². The van der Waals surface area contributed by atoms with Gasteiger partial charge >= 0.3 is 0 Å². The average molecular weight is 430 g/mol. The molecule has 0 spiro atoms. The number of hydrogen-bond acceptors (Lipinski definition) is 5. The number of carbonyl (C=O) groups excluding carboxylic acids is 1. The van der Waals surface area contributed by atoms with Crippen LogP contribution < -0.4 is 9.64 Å². The number of amides is 1. The Morgan fingerprint density at radius 3 is 2.55 bits per heavy atom. The van der Waals surface area contributed by atoms with Crippen LogP contribution >= 0.6 is 22.9 Å². The van der Waals surface area contributed by atoms with Crippen LogP contribution in [0.3, 0.4) is 0 Å². The number of aromatic nitrogens is 1. The lowest BCUT2D eigenvalue weighted by atomic mass is 10.0. The molecule has 2 aromatic carbocycles. The lowest BCUT2D eigenvalue weighted by molar-refractivity contribution is -0.133. The number of benzene rings is 2. The van der Waals surface area contributed by atoms with E-state index < -0.39 is 0 Å². The zero-order valence-electron chi connectivity index (χ0n) is 16.6. The van der Waals surface area contributed by atoms with Gasteiger partial charge in [-0.3, -0.25) is 4.79 Å². The van der Waals surface area contributed by atoms with Crippen LogP contribution in [-0.2, 0) is 4.79 Å². The summed E-state index contributed by atoms with van der Waals surface area (Å²) < 4.78 is 6.78. The number of anilines is 1. The lowest BCUT2D eigenvalue weighted by Crippen LogP contribution is -2.50. The molecule has 152 valence electrons. The summed E-state index contributed by atoms with van der Waals surface area (Å²) in [6, 6.07) is 13.7. The fourth-order valence-corrected chi connectivity index (χ4v) is 4.65. The molecule has 1 aliphatic rings. The number of nitrogens with zero attached hydrogens (tertiary/aromatic N) is 3. The van der Waals surface area contributed by atoms with E-state index in [1.807, 2.05) is 35.2 Å². The number of carbonyl (C=O) groups is 1. The van der Waals surface area contributed by atoms with Crippen LogP contribution in [0.2, 0.25) is 5.02 Å². The van der Waals surface area contributed by atoms with Crippen molar-refractivity contribution < 1.29 is 9.53 Å². The summed E-state index contributed by atoms with van der Waals surface area (Å²) in [6.07, 6.45) is 0. The summed E-state index contributed by atoms with van der Waals surface area (Å²) in [5.74, 6) is 1.23. The average Bonchev–Trinajstić information content (AvgIpc) is 3.15. The summed E-state index contributed by atoms with van der Waals surface area (Å²) in [7, 11) is 0. The second-order valence-electron chi connectivity index (χ2n) is 7.49. The first-order chi connectivity index (χ1) is 14.0. The highest BCUT2D eigenvalue weighted by Gasteiger charge is 2.23. The fraction of sp³-hybridized carbons (Fsp3) is 0.364. The topological polar surface area (TPSA) is 45.7 Å². The Kier molecular flexibility index (Phi) is 5.92. The monoisotopic (exact) mass is 429 g/mol. The molecule has 1 aliphatic heterocycles. The molecular formula is C22H24ClN3O2S. The maximum absolute atomic E-state index is 12.5. The van der Waals surface area contributed by atoms with Crippen LogP contribution in [0.15, 0.2) is 42.5 Å². The van der Waals surface area contributed by atoms with Gasteiger partial charge in [0.05, 0.1) is 10.2 Å². The Balaban J connectivity index is 1.29. The first-order valence-electron chi connectivity index (χ1n) is 9.81. The number of halogens is 1. The van der Waals surface area contributed by atoms with E-state index in [1.165, 1.54) is 5.56 Å². The van der Waals surface area contributed by atoms with Gasteiger partial charge in [-0.2, -0.15) is 0 Å². The molecule has 5 nitrogen and oxygen atoms in total. The van der Waals surface area contributed by atoms with Gasteiger partial charge in [-0.25, -0.2) is 4.98 Å². The molecule has 1 fully saturated rings. The molecule has 0 radical (unpaired) electrons. The zero-order valence-corrected chi connectivity index (χ0v) is 18.2. The van der Waals surface area contributed by atoms with Gasteiger partial charge < -0.3 is 14.5 Å². The molecule has 0 N–H and O–H groups in total. The number of fused-ring (bicyclic) bond motifs is 1. The van der Waals surface area contributed by atoms with Crippen molar-refractivity contribution in [1.82, 2.24) is 9.88 Å². The van der Waals surface area contributed by atoms with Gasteiger partial charge in [-0.15, -0.1) is 0 Å². The largest absolute Gasteiger partial charge is 0.484 e. The summed E-state index contributed by atoms with van der Waals surface area (Å²) in [6.45, 7) is 7.26. The van der Waals surface area contributed by atoms with Crippen molar-refractivity contribution in [2.75, 3.05) is 37.7 Å². The lowest BCUT2D eigenvalue weighted by Gasteiger charge is -2.34. The SMILES string of the molecule is CC(C)c1ccc(OCC(=O)N2CCN(c3nc4ccc(Cl)cc4s3)CC2)cc1. The van der Waals surface area contributed by atoms with Crippen LogP contribution in [0.4, 0.5) is 5.13 Å². The predicted molar refractivity (Wildman–Crippen MR) is 119 cm³/mol. The maximum Gasteiger partial charge on any atom is 0.260 e. The quantitative estimate of drug-likeness (QED) is 0.584. The summed E-state index contributed by atoms with van der Waals surface area (Å²) in [4.78, 5) is 21.3. The Labute approximate surface area is 179 Å². The highest BCUT2D eigenvalue weighted by atomic mass is 35.5. The molecular weight excluding hydrogens is 406 g/mol. The molecule has 0 bridgehead atoms. The number of piperazine rings is 1. The minimum atomic E-state index is 0.0219. The van der Waals surface area contributed by atoms with Crippen molar-refractivity contribution in [3.05, 3.63) is 53.1 Å². The van der Waals surface area contributed by atoms with Crippen molar-refractivity contribution in [2.24, 2.45) is 0 Å². The van der Waals surface area contributed by atoms with Crippen LogP contribution in [0.5, 0.6) is 5.75 Å². The van der Waals surface area contributed by atoms with Crippen molar-refractivity contribution in [3.63, 3.8) is 0 Å². The second-order valence-corrected chi connectivity index (χ2v) is 8.93. The normalized spacial score (nSPS) is 14.6. The molecule has 0 saturated carbocycles. The van der Waals surface area contributed by atoms with Crippen LogP contribution in [0.25, 0.3) is 10.2 Å². The molecule has 0 atom stereocenters. The maximum atomic E-state index is 12.5. The Hall–Kier alpha value is -2.31. The predicted octanol–water partition coefficient (Wildman–Crippen LogP) is 4.80. The highest BCUT2D eigenvalue weighted by molar-refractivity contribution is 7.22. The third-order valence-corrected chi connectivity index (χ3v) is 6.47. The van der Waals surface area contributed by atoms with Crippen molar-refractivity contribution in [2.45, 2.75) is 19.8 Å². The molecule has 7 heteroatoms. The van der Waals surface area contributed by atoms with E-state index in [2.05, 4.69) is 30.9 Å². The van der Waals surface area contributed by atoms with Gasteiger partial charge in [-0.1, -0.05) is 48.9 Å². The Bertz CT molecular complexity index is 995. The number of thiazole rings is 1. The first-order valence-corrected chi connectivity index (χ1v) is 11.0.